The largest absolute Gasteiger partial charge is 0.493 e. The van der Waals surface area contributed by atoms with E-state index in [0.717, 1.165) is 29.6 Å². The van der Waals surface area contributed by atoms with Gasteiger partial charge in [-0.1, -0.05) is 30.3 Å². The molecule has 9 nitrogen and oxygen atoms in total. The molecular formula is C24H26N6O3. The van der Waals surface area contributed by atoms with Crippen molar-refractivity contribution in [2.24, 2.45) is 0 Å². The van der Waals surface area contributed by atoms with Crippen LogP contribution in [0.3, 0.4) is 0 Å². The Bertz CT molecular complexity index is 1270. The molecule has 4 aromatic rings. The highest BCUT2D eigenvalue weighted by Crippen LogP contribution is 2.37. The number of hydrogen-bond acceptors (Lipinski definition) is 8. The number of benzene rings is 2. The molecule has 1 aliphatic rings. The number of nitrogen functional groups attached to an aromatic ring is 1. The molecule has 3 heterocycles. The van der Waals surface area contributed by atoms with Gasteiger partial charge in [-0.2, -0.15) is 4.98 Å². The van der Waals surface area contributed by atoms with Crippen molar-refractivity contribution in [1.29, 1.82) is 0 Å². The Kier molecular flexibility index (Phi) is 5.70. The van der Waals surface area contributed by atoms with Crippen molar-refractivity contribution in [3.63, 3.8) is 0 Å². The van der Waals surface area contributed by atoms with Gasteiger partial charge in [0.05, 0.1) is 45.1 Å². The van der Waals surface area contributed by atoms with Crippen LogP contribution in [-0.2, 0) is 11.3 Å². The van der Waals surface area contributed by atoms with E-state index in [-0.39, 0.29) is 0 Å². The van der Waals surface area contributed by atoms with E-state index in [1.54, 1.807) is 18.9 Å². The van der Waals surface area contributed by atoms with Crippen LogP contribution >= 0.6 is 0 Å². The number of morpholine rings is 1. The minimum Gasteiger partial charge on any atom is -0.493 e. The Balaban J connectivity index is 1.68. The zero-order valence-corrected chi connectivity index (χ0v) is 18.7. The molecule has 0 spiro atoms. The van der Waals surface area contributed by atoms with E-state index in [0.29, 0.717) is 54.4 Å². The van der Waals surface area contributed by atoms with E-state index in [1.165, 1.54) is 0 Å². The minimum absolute atomic E-state index is 0.521. The third kappa shape index (κ3) is 4.03. The summed E-state index contributed by atoms with van der Waals surface area (Å²) in [5, 5.41) is 5.47. The fourth-order valence-corrected chi connectivity index (χ4v) is 4.02. The summed E-state index contributed by atoms with van der Waals surface area (Å²) in [6, 6.07) is 15.8. The third-order valence-corrected chi connectivity index (χ3v) is 5.75. The van der Waals surface area contributed by atoms with E-state index >= 15 is 0 Å². The zero-order valence-electron chi connectivity index (χ0n) is 18.7. The second-order valence-electron chi connectivity index (χ2n) is 7.77. The summed E-state index contributed by atoms with van der Waals surface area (Å²) < 4.78 is 18.2. The van der Waals surface area contributed by atoms with Gasteiger partial charge in [0.2, 0.25) is 5.95 Å². The lowest BCUT2D eigenvalue weighted by Crippen LogP contribution is -2.37. The number of hydrogen-bond donors (Lipinski definition) is 1. The average molecular weight is 447 g/mol. The second kappa shape index (κ2) is 8.95. The quantitative estimate of drug-likeness (QED) is 0.483. The summed E-state index contributed by atoms with van der Waals surface area (Å²) in [4.78, 5) is 11.8. The molecule has 2 aromatic carbocycles. The fourth-order valence-electron chi connectivity index (χ4n) is 4.02. The molecule has 1 saturated heterocycles. The van der Waals surface area contributed by atoms with Gasteiger partial charge in [-0.25, -0.2) is 9.67 Å². The number of fused-ring (bicyclic) bond motifs is 1. The lowest BCUT2D eigenvalue weighted by Gasteiger charge is -2.27. The molecule has 170 valence electrons. The van der Waals surface area contributed by atoms with Crippen molar-refractivity contribution in [2.45, 2.75) is 6.54 Å². The predicted octanol–water partition coefficient (Wildman–Crippen LogP) is 2.98. The summed E-state index contributed by atoms with van der Waals surface area (Å²) in [7, 11) is 3.23. The first-order chi connectivity index (χ1) is 16.2. The molecule has 0 saturated carbocycles. The zero-order chi connectivity index (χ0) is 22.8. The highest BCUT2D eigenvalue weighted by atomic mass is 16.5. The molecule has 0 bridgehead atoms. The van der Waals surface area contributed by atoms with Crippen molar-refractivity contribution >= 4 is 22.8 Å². The van der Waals surface area contributed by atoms with Crippen LogP contribution < -0.4 is 20.1 Å². The predicted molar refractivity (Wildman–Crippen MR) is 127 cm³/mol. The number of aromatic nitrogens is 4. The SMILES string of the molecule is COc1ccc(-c2nc(N3CCOCC3)nc3nn(Cc4ccccc4)c(N)c23)cc1OC. The van der Waals surface area contributed by atoms with Crippen molar-refractivity contribution in [3.8, 4) is 22.8 Å². The summed E-state index contributed by atoms with van der Waals surface area (Å²) in [5.41, 5.74) is 9.83. The van der Waals surface area contributed by atoms with Crippen LogP contribution in [0.25, 0.3) is 22.3 Å². The number of nitrogens with zero attached hydrogens (tertiary/aromatic N) is 5. The maximum Gasteiger partial charge on any atom is 0.228 e. The first kappa shape index (κ1) is 21.0. The van der Waals surface area contributed by atoms with Crippen LogP contribution in [0.1, 0.15) is 5.56 Å². The molecule has 2 aromatic heterocycles. The van der Waals surface area contributed by atoms with Gasteiger partial charge in [0.25, 0.3) is 0 Å². The second-order valence-corrected chi connectivity index (χ2v) is 7.77. The van der Waals surface area contributed by atoms with E-state index < -0.39 is 0 Å². The normalized spacial score (nSPS) is 13.9. The number of anilines is 2. The van der Waals surface area contributed by atoms with Gasteiger partial charge in [0.15, 0.2) is 17.1 Å². The molecule has 0 amide bonds. The lowest BCUT2D eigenvalue weighted by atomic mass is 10.1. The van der Waals surface area contributed by atoms with E-state index in [1.807, 2.05) is 48.5 Å². The maximum absolute atomic E-state index is 6.61. The lowest BCUT2D eigenvalue weighted by molar-refractivity contribution is 0.122. The van der Waals surface area contributed by atoms with Crippen LogP contribution in [0.2, 0.25) is 0 Å². The molecule has 5 rings (SSSR count). The summed E-state index contributed by atoms with van der Waals surface area (Å²) in [6.45, 7) is 3.25. The number of methoxy groups -OCH3 is 2. The van der Waals surface area contributed by atoms with Gasteiger partial charge < -0.3 is 24.8 Å². The highest BCUT2D eigenvalue weighted by Gasteiger charge is 2.22. The van der Waals surface area contributed by atoms with Gasteiger partial charge in [-0.3, -0.25) is 0 Å². The number of ether oxygens (including phenoxy) is 3. The van der Waals surface area contributed by atoms with Gasteiger partial charge in [0.1, 0.15) is 5.82 Å². The molecule has 2 N–H and O–H groups in total. The van der Waals surface area contributed by atoms with Crippen LogP contribution in [-0.4, -0.2) is 60.3 Å². The minimum atomic E-state index is 0.521. The van der Waals surface area contributed by atoms with E-state index in [9.17, 15) is 0 Å². The summed E-state index contributed by atoms with van der Waals surface area (Å²) in [6.07, 6.45) is 0. The summed E-state index contributed by atoms with van der Waals surface area (Å²) in [5.74, 6) is 2.39. The van der Waals surface area contributed by atoms with Crippen molar-refractivity contribution in [2.75, 3.05) is 51.2 Å². The van der Waals surface area contributed by atoms with Crippen molar-refractivity contribution in [1.82, 2.24) is 19.7 Å². The first-order valence-corrected chi connectivity index (χ1v) is 10.8. The molecule has 9 heteroatoms. The Morgan fingerprint density at radius 1 is 0.970 bits per heavy atom. The molecule has 1 fully saturated rings. The monoisotopic (exact) mass is 446 g/mol. The Morgan fingerprint density at radius 2 is 1.73 bits per heavy atom. The molecule has 33 heavy (non-hydrogen) atoms. The Hall–Kier alpha value is -3.85. The molecule has 0 unspecified atom stereocenters. The van der Waals surface area contributed by atoms with Crippen molar-refractivity contribution in [3.05, 3.63) is 54.1 Å². The molecule has 0 radical (unpaired) electrons. The van der Waals surface area contributed by atoms with Gasteiger partial charge in [-0.05, 0) is 23.8 Å². The maximum atomic E-state index is 6.61. The third-order valence-electron chi connectivity index (χ3n) is 5.75. The first-order valence-electron chi connectivity index (χ1n) is 10.8. The summed E-state index contributed by atoms with van der Waals surface area (Å²) >= 11 is 0. The molecule has 0 atom stereocenters. The van der Waals surface area contributed by atoms with Crippen molar-refractivity contribution < 1.29 is 14.2 Å². The molecule has 0 aliphatic carbocycles. The average Bonchev–Trinajstić information content (AvgIpc) is 3.19. The number of rotatable bonds is 6. The van der Waals surface area contributed by atoms with E-state index in [4.69, 9.17) is 35.0 Å². The van der Waals surface area contributed by atoms with Crippen LogP contribution in [0.5, 0.6) is 11.5 Å². The number of nitrogens with two attached hydrogens (primary N) is 1. The van der Waals surface area contributed by atoms with Gasteiger partial charge in [-0.15, -0.1) is 5.10 Å². The highest BCUT2D eigenvalue weighted by molar-refractivity contribution is 5.99. The Morgan fingerprint density at radius 3 is 2.45 bits per heavy atom. The standard InChI is InChI=1S/C24H26N6O3/c1-31-18-9-8-17(14-19(18)32-2)21-20-22(25)30(15-16-6-4-3-5-7-16)28-23(20)27-24(26-21)29-10-12-33-13-11-29/h3-9,14H,10-13,15,25H2,1-2H3. The Labute approximate surface area is 191 Å². The topological polar surface area (TPSA) is 101 Å². The smallest absolute Gasteiger partial charge is 0.228 e. The fraction of sp³-hybridized carbons (Fsp3) is 0.292. The van der Waals surface area contributed by atoms with Gasteiger partial charge in [0, 0.05) is 18.7 Å². The van der Waals surface area contributed by atoms with Crippen LogP contribution in [0.4, 0.5) is 11.8 Å². The molecular weight excluding hydrogens is 420 g/mol. The van der Waals surface area contributed by atoms with Crippen LogP contribution in [0, 0.1) is 0 Å². The van der Waals surface area contributed by atoms with Gasteiger partial charge >= 0.3 is 0 Å². The van der Waals surface area contributed by atoms with Crippen LogP contribution in [0.15, 0.2) is 48.5 Å². The van der Waals surface area contributed by atoms with E-state index in [2.05, 4.69) is 4.90 Å². The molecule has 1 aliphatic heterocycles.